The molecule has 0 saturated heterocycles. The minimum absolute atomic E-state index is 0.0209. The van der Waals surface area contributed by atoms with Gasteiger partial charge < -0.3 is 10.1 Å². The number of rotatable bonds is 7. The number of hydrogen-bond acceptors (Lipinski definition) is 4. The van der Waals surface area contributed by atoms with Crippen LogP contribution in [0.15, 0.2) is 0 Å². The monoisotopic (exact) mass is 209 g/mol. The van der Waals surface area contributed by atoms with Crippen molar-refractivity contribution in [2.45, 2.75) is 19.4 Å². The van der Waals surface area contributed by atoms with Crippen LogP contribution in [0.4, 0.5) is 0 Å². The zero-order valence-electron chi connectivity index (χ0n) is 8.54. The maximum atomic E-state index is 11.4. The van der Waals surface area contributed by atoms with Gasteiger partial charge in [-0.05, 0) is 20.4 Å². The van der Waals surface area contributed by atoms with Crippen LogP contribution in [0.3, 0.4) is 0 Å². The lowest BCUT2D eigenvalue weighted by Gasteiger charge is -2.10. The van der Waals surface area contributed by atoms with Crippen LogP contribution < -0.4 is 5.32 Å². The average molecular weight is 209 g/mol. The molecule has 0 amide bonds. The Balaban J connectivity index is 3.81. The molecule has 0 aliphatic carbocycles. The van der Waals surface area contributed by atoms with Crippen LogP contribution in [0.5, 0.6) is 0 Å². The van der Waals surface area contributed by atoms with Crippen molar-refractivity contribution in [3.05, 3.63) is 0 Å². The van der Waals surface area contributed by atoms with Gasteiger partial charge in [-0.3, -0.25) is 0 Å². The van der Waals surface area contributed by atoms with Gasteiger partial charge in [0.05, 0.1) is 11.5 Å². The molecule has 0 aliphatic rings. The summed E-state index contributed by atoms with van der Waals surface area (Å²) in [6.45, 7) is 2.36. The van der Waals surface area contributed by atoms with Crippen LogP contribution >= 0.6 is 0 Å². The lowest BCUT2D eigenvalue weighted by Crippen LogP contribution is -2.31. The fourth-order valence-corrected chi connectivity index (χ4v) is 2.62. The van der Waals surface area contributed by atoms with Gasteiger partial charge >= 0.3 is 0 Å². The first kappa shape index (κ1) is 12.9. The molecule has 4 nitrogen and oxygen atoms in total. The molecule has 0 rings (SSSR count). The van der Waals surface area contributed by atoms with Crippen LogP contribution in [-0.2, 0) is 14.6 Å². The summed E-state index contributed by atoms with van der Waals surface area (Å²) in [6, 6.07) is 0.0209. The van der Waals surface area contributed by atoms with Gasteiger partial charge in [0.2, 0.25) is 0 Å². The number of ether oxygens (including phenoxy) is 1. The molecule has 0 spiro atoms. The van der Waals surface area contributed by atoms with Gasteiger partial charge in [0, 0.05) is 19.8 Å². The van der Waals surface area contributed by atoms with Crippen LogP contribution in [0, 0.1) is 0 Å². The second-order valence-corrected chi connectivity index (χ2v) is 5.38. The van der Waals surface area contributed by atoms with E-state index in [1.165, 1.54) is 0 Å². The molecule has 1 N–H and O–H groups in total. The summed E-state index contributed by atoms with van der Waals surface area (Å²) in [5.41, 5.74) is 0. The quantitative estimate of drug-likeness (QED) is 0.602. The van der Waals surface area contributed by atoms with E-state index in [1.54, 1.807) is 14.2 Å². The highest BCUT2D eigenvalue weighted by Gasteiger charge is 2.13. The first-order valence-corrected chi connectivity index (χ1v) is 6.20. The van der Waals surface area contributed by atoms with Crippen molar-refractivity contribution in [2.75, 3.05) is 32.3 Å². The van der Waals surface area contributed by atoms with E-state index in [9.17, 15) is 8.42 Å². The van der Waals surface area contributed by atoms with E-state index < -0.39 is 9.84 Å². The van der Waals surface area contributed by atoms with Crippen LogP contribution in [0.25, 0.3) is 0 Å². The summed E-state index contributed by atoms with van der Waals surface area (Å²) in [6.07, 6.45) is 0.579. The highest BCUT2D eigenvalue weighted by atomic mass is 32.2. The van der Waals surface area contributed by atoms with Gasteiger partial charge in [-0.15, -0.1) is 0 Å². The first-order chi connectivity index (χ1) is 6.02. The first-order valence-electron chi connectivity index (χ1n) is 4.38. The standard InChI is InChI=1S/C8H19NO3S/c1-8(9-2)7-13(10,11)6-4-5-12-3/h8-9H,4-7H2,1-3H3. The molecule has 0 fully saturated rings. The molecule has 80 valence electrons. The van der Waals surface area contributed by atoms with Crippen molar-refractivity contribution in [3.63, 3.8) is 0 Å². The third-order valence-electron chi connectivity index (χ3n) is 1.80. The zero-order chi connectivity index (χ0) is 10.3. The van der Waals surface area contributed by atoms with E-state index in [0.717, 1.165) is 0 Å². The van der Waals surface area contributed by atoms with Crippen molar-refractivity contribution >= 4 is 9.84 Å². The highest BCUT2D eigenvalue weighted by molar-refractivity contribution is 7.91. The Morgan fingerprint density at radius 1 is 1.46 bits per heavy atom. The molecule has 0 radical (unpaired) electrons. The maximum absolute atomic E-state index is 11.4. The molecule has 0 aromatic rings. The van der Waals surface area contributed by atoms with Crippen molar-refractivity contribution < 1.29 is 13.2 Å². The predicted molar refractivity (Wildman–Crippen MR) is 53.7 cm³/mol. The fourth-order valence-electron chi connectivity index (χ4n) is 0.971. The van der Waals surface area contributed by atoms with Crippen LogP contribution in [0.1, 0.15) is 13.3 Å². The molecular weight excluding hydrogens is 190 g/mol. The van der Waals surface area contributed by atoms with E-state index in [1.807, 2.05) is 6.92 Å². The molecule has 1 atom stereocenters. The Labute approximate surface area is 80.6 Å². The van der Waals surface area contributed by atoms with Crippen molar-refractivity contribution in [3.8, 4) is 0 Å². The van der Waals surface area contributed by atoms with Crippen molar-refractivity contribution in [1.29, 1.82) is 0 Å². The van der Waals surface area contributed by atoms with Crippen LogP contribution in [-0.4, -0.2) is 46.7 Å². The summed E-state index contributed by atoms with van der Waals surface area (Å²) < 4.78 is 27.5. The van der Waals surface area contributed by atoms with Gasteiger partial charge in [0.1, 0.15) is 0 Å². The summed E-state index contributed by atoms with van der Waals surface area (Å²) in [4.78, 5) is 0. The molecule has 5 heteroatoms. The van der Waals surface area contributed by atoms with E-state index in [4.69, 9.17) is 4.74 Å². The summed E-state index contributed by atoms with van der Waals surface area (Å²) in [5.74, 6) is 0.417. The molecule has 0 aliphatic heterocycles. The van der Waals surface area contributed by atoms with E-state index in [0.29, 0.717) is 13.0 Å². The Morgan fingerprint density at radius 3 is 2.54 bits per heavy atom. The molecule has 0 bridgehead atoms. The fraction of sp³-hybridized carbons (Fsp3) is 1.00. The van der Waals surface area contributed by atoms with Crippen molar-refractivity contribution in [1.82, 2.24) is 5.32 Å². The maximum Gasteiger partial charge on any atom is 0.151 e. The minimum atomic E-state index is -2.91. The number of methoxy groups -OCH3 is 1. The summed E-state index contributed by atoms with van der Waals surface area (Å²) in [7, 11) is 0.424. The molecule has 0 aromatic carbocycles. The number of hydrogen-bond donors (Lipinski definition) is 1. The van der Waals surface area contributed by atoms with Gasteiger partial charge in [-0.25, -0.2) is 8.42 Å². The summed E-state index contributed by atoms with van der Waals surface area (Å²) in [5, 5.41) is 2.90. The second kappa shape index (κ2) is 6.34. The lowest BCUT2D eigenvalue weighted by molar-refractivity contribution is 0.199. The van der Waals surface area contributed by atoms with Gasteiger partial charge in [-0.1, -0.05) is 0 Å². The molecule has 1 unspecified atom stereocenters. The van der Waals surface area contributed by atoms with Gasteiger partial charge in [-0.2, -0.15) is 0 Å². The average Bonchev–Trinajstić information content (AvgIpc) is 2.03. The van der Waals surface area contributed by atoms with Crippen molar-refractivity contribution in [2.24, 2.45) is 0 Å². The summed E-state index contributed by atoms with van der Waals surface area (Å²) >= 11 is 0. The van der Waals surface area contributed by atoms with Gasteiger partial charge in [0.25, 0.3) is 0 Å². The van der Waals surface area contributed by atoms with E-state index >= 15 is 0 Å². The van der Waals surface area contributed by atoms with Gasteiger partial charge in [0.15, 0.2) is 9.84 Å². The lowest BCUT2D eigenvalue weighted by atomic mass is 10.4. The SMILES string of the molecule is CNC(C)CS(=O)(=O)CCCOC. The number of nitrogens with one attached hydrogen (secondary N) is 1. The normalized spacial score (nSPS) is 14.4. The number of sulfone groups is 1. The largest absolute Gasteiger partial charge is 0.385 e. The Morgan fingerprint density at radius 2 is 2.08 bits per heavy atom. The molecule has 0 aromatic heterocycles. The van der Waals surface area contributed by atoms with E-state index in [-0.39, 0.29) is 17.5 Å². The Bertz CT molecular complexity index is 213. The molecular formula is C8H19NO3S. The smallest absolute Gasteiger partial charge is 0.151 e. The third-order valence-corrected chi connectivity index (χ3v) is 3.72. The molecule has 0 saturated carbocycles. The predicted octanol–water partition coefficient (Wildman–Crippen LogP) is 0.0456. The molecule has 13 heavy (non-hydrogen) atoms. The third kappa shape index (κ3) is 6.98. The Hall–Kier alpha value is -0.130. The molecule has 0 heterocycles. The van der Waals surface area contributed by atoms with E-state index in [2.05, 4.69) is 5.32 Å². The second-order valence-electron chi connectivity index (χ2n) is 3.15. The Kier molecular flexibility index (Phi) is 6.28. The minimum Gasteiger partial charge on any atom is -0.385 e. The topological polar surface area (TPSA) is 55.4 Å². The zero-order valence-corrected chi connectivity index (χ0v) is 9.36. The van der Waals surface area contributed by atoms with Crippen LogP contribution in [0.2, 0.25) is 0 Å². The highest BCUT2D eigenvalue weighted by Crippen LogP contribution is 1.97.